The molecule has 1 rings (SSSR count). The number of hydrogen-bond acceptors (Lipinski definition) is 5. The Kier molecular flexibility index (Phi) is 4.41. The second kappa shape index (κ2) is 5.80. The lowest BCUT2D eigenvalue weighted by Gasteiger charge is -2.07. The summed E-state index contributed by atoms with van der Waals surface area (Å²) in [7, 11) is 0. The Labute approximate surface area is 96.4 Å². The van der Waals surface area contributed by atoms with Gasteiger partial charge in [0.2, 0.25) is 0 Å². The van der Waals surface area contributed by atoms with E-state index >= 15 is 0 Å². The number of nitro groups is 1. The predicted octanol–water partition coefficient (Wildman–Crippen LogP) is 1.05. The number of aliphatic hydroxyl groups excluding tert-OH is 1. The number of aromatic carboxylic acids is 1. The Morgan fingerprint density at radius 1 is 1.47 bits per heavy atom. The van der Waals surface area contributed by atoms with Gasteiger partial charge in [-0.3, -0.25) is 10.1 Å². The summed E-state index contributed by atoms with van der Waals surface area (Å²) in [5.41, 5.74) is -0.575. The maximum Gasteiger partial charge on any atom is 0.339 e. The van der Waals surface area contributed by atoms with Crippen LogP contribution < -0.4 is 4.74 Å². The van der Waals surface area contributed by atoms with Gasteiger partial charge in [0.1, 0.15) is 11.3 Å². The third-order valence-corrected chi connectivity index (χ3v) is 1.96. The highest BCUT2D eigenvalue weighted by Crippen LogP contribution is 2.24. The number of carbonyl (C=O) groups is 1. The fourth-order valence-electron chi connectivity index (χ4n) is 1.17. The molecule has 0 bridgehead atoms. The van der Waals surface area contributed by atoms with Crippen LogP contribution in [0.4, 0.5) is 5.69 Å². The SMILES string of the molecule is O=C(O)c1cc([N+](=O)[O-])ccc1OCCCO. The zero-order chi connectivity index (χ0) is 12.8. The van der Waals surface area contributed by atoms with E-state index in [2.05, 4.69) is 0 Å². The summed E-state index contributed by atoms with van der Waals surface area (Å²) in [5, 5.41) is 27.9. The number of aliphatic hydroxyl groups is 1. The van der Waals surface area contributed by atoms with Crippen LogP contribution in [0.25, 0.3) is 0 Å². The maximum absolute atomic E-state index is 10.9. The molecule has 1 aromatic rings. The Bertz CT molecular complexity index is 431. The van der Waals surface area contributed by atoms with E-state index in [1.807, 2.05) is 0 Å². The van der Waals surface area contributed by atoms with Crippen molar-refractivity contribution in [1.29, 1.82) is 0 Å². The van der Waals surface area contributed by atoms with Crippen molar-refractivity contribution in [2.75, 3.05) is 13.2 Å². The molecule has 0 aliphatic carbocycles. The van der Waals surface area contributed by atoms with E-state index in [0.717, 1.165) is 6.07 Å². The van der Waals surface area contributed by atoms with Crippen LogP contribution in [0.2, 0.25) is 0 Å². The largest absolute Gasteiger partial charge is 0.493 e. The maximum atomic E-state index is 10.9. The van der Waals surface area contributed by atoms with E-state index < -0.39 is 10.9 Å². The van der Waals surface area contributed by atoms with Crippen LogP contribution in [-0.2, 0) is 0 Å². The molecule has 7 heteroatoms. The van der Waals surface area contributed by atoms with Crippen LogP contribution in [0.3, 0.4) is 0 Å². The second-order valence-electron chi connectivity index (χ2n) is 3.17. The number of nitro benzene ring substituents is 1. The van der Waals surface area contributed by atoms with Gasteiger partial charge in [0.25, 0.3) is 5.69 Å². The van der Waals surface area contributed by atoms with E-state index in [1.165, 1.54) is 12.1 Å². The summed E-state index contributed by atoms with van der Waals surface area (Å²) in [6.45, 7) is 0.0734. The molecule has 0 aliphatic rings. The molecule has 0 aliphatic heterocycles. The van der Waals surface area contributed by atoms with Gasteiger partial charge in [0.15, 0.2) is 0 Å². The first-order chi connectivity index (χ1) is 8.06. The summed E-state index contributed by atoms with van der Waals surface area (Å²) in [5.74, 6) is -1.25. The van der Waals surface area contributed by atoms with Gasteiger partial charge in [-0.25, -0.2) is 4.79 Å². The normalized spacial score (nSPS) is 9.94. The van der Waals surface area contributed by atoms with Crippen LogP contribution in [0, 0.1) is 10.1 Å². The minimum Gasteiger partial charge on any atom is -0.493 e. The van der Waals surface area contributed by atoms with Crippen molar-refractivity contribution in [2.45, 2.75) is 6.42 Å². The Balaban J connectivity index is 2.96. The molecule has 17 heavy (non-hydrogen) atoms. The van der Waals surface area contributed by atoms with Crippen LogP contribution in [0.1, 0.15) is 16.8 Å². The van der Waals surface area contributed by atoms with E-state index in [-0.39, 0.29) is 30.2 Å². The average molecular weight is 241 g/mol. The van der Waals surface area contributed by atoms with Gasteiger partial charge in [-0.15, -0.1) is 0 Å². The van der Waals surface area contributed by atoms with Crippen LogP contribution in [0.5, 0.6) is 5.75 Å². The molecule has 0 atom stereocenters. The monoisotopic (exact) mass is 241 g/mol. The number of non-ortho nitro benzene ring substituents is 1. The third-order valence-electron chi connectivity index (χ3n) is 1.96. The molecule has 0 fully saturated rings. The quantitative estimate of drug-likeness (QED) is 0.437. The molecule has 92 valence electrons. The summed E-state index contributed by atoms with van der Waals surface area (Å²) >= 11 is 0. The summed E-state index contributed by atoms with van der Waals surface area (Å²) < 4.78 is 5.11. The molecule has 0 amide bonds. The van der Waals surface area contributed by atoms with Crippen molar-refractivity contribution in [3.05, 3.63) is 33.9 Å². The van der Waals surface area contributed by atoms with Gasteiger partial charge in [-0.1, -0.05) is 0 Å². The molecule has 0 radical (unpaired) electrons. The van der Waals surface area contributed by atoms with Gasteiger partial charge in [-0.2, -0.15) is 0 Å². The van der Waals surface area contributed by atoms with E-state index in [0.29, 0.717) is 6.42 Å². The molecular formula is C10H11NO6. The lowest BCUT2D eigenvalue weighted by molar-refractivity contribution is -0.384. The Morgan fingerprint density at radius 2 is 2.18 bits per heavy atom. The smallest absolute Gasteiger partial charge is 0.339 e. The minimum atomic E-state index is -1.30. The number of benzene rings is 1. The van der Waals surface area contributed by atoms with Crippen molar-refractivity contribution in [1.82, 2.24) is 0 Å². The minimum absolute atomic E-state index is 0.0524. The molecule has 2 N–H and O–H groups in total. The van der Waals surface area contributed by atoms with Gasteiger partial charge >= 0.3 is 5.97 Å². The van der Waals surface area contributed by atoms with Crippen molar-refractivity contribution in [3.8, 4) is 5.75 Å². The molecule has 0 saturated heterocycles. The lowest BCUT2D eigenvalue weighted by Crippen LogP contribution is -2.06. The van der Waals surface area contributed by atoms with Crippen molar-refractivity contribution >= 4 is 11.7 Å². The number of hydrogen-bond donors (Lipinski definition) is 2. The highest BCUT2D eigenvalue weighted by atomic mass is 16.6. The summed E-state index contributed by atoms with van der Waals surface area (Å²) in [4.78, 5) is 20.7. The molecular weight excluding hydrogens is 230 g/mol. The summed E-state index contributed by atoms with van der Waals surface area (Å²) in [6.07, 6.45) is 0.357. The number of carboxylic acid groups (broad SMARTS) is 1. The Hall–Kier alpha value is -2.15. The van der Waals surface area contributed by atoms with Crippen LogP contribution >= 0.6 is 0 Å². The van der Waals surface area contributed by atoms with E-state index in [4.69, 9.17) is 14.9 Å². The molecule has 0 saturated carbocycles. The highest BCUT2D eigenvalue weighted by Gasteiger charge is 2.16. The van der Waals surface area contributed by atoms with Gasteiger partial charge < -0.3 is 14.9 Å². The predicted molar refractivity (Wildman–Crippen MR) is 57.3 cm³/mol. The summed E-state index contributed by atoms with van der Waals surface area (Å²) in [6, 6.07) is 3.34. The first-order valence-electron chi connectivity index (χ1n) is 4.81. The first kappa shape index (κ1) is 12.9. The standard InChI is InChI=1S/C10H11NO6/c12-4-1-5-17-9-3-2-7(11(15)16)6-8(9)10(13)14/h2-3,6,12H,1,4-5H2,(H,13,14). The highest BCUT2D eigenvalue weighted by molar-refractivity contribution is 5.91. The molecule has 0 heterocycles. The van der Waals surface area contributed by atoms with Crippen molar-refractivity contribution in [3.63, 3.8) is 0 Å². The zero-order valence-corrected chi connectivity index (χ0v) is 8.83. The fourth-order valence-corrected chi connectivity index (χ4v) is 1.17. The number of rotatable bonds is 6. The van der Waals surface area contributed by atoms with Crippen LogP contribution in [-0.4, -0.2) is 34.3 Å². The molecule has 7 nitrogen and oxygen atoms in total. The Morgan fingerprint density at radius 3 is 2.71 bits per heavy atom. The zero-order valence-electron chi connectivity index (χ0n) is 8.83. The topological polar surface area (TPSA) is 110 Å². The number of nitrogens with zero attached hydrogens (tertiary/aromatic N) is 1. The molecule has 1 aromatic carbocycles. The van der Waals surface area contributed by atoms with Crippen molar-refractivity contribution in [2.24, 2.45) is 0 Å². The van der Waals surface area contributed by atoms with Crippen molar-refractivity contribution < 1.29 is 24.7 Å². The molecule has 0 unspecified atom stereocenters. The number of carboxylic acids is 1. The first-order valence-corrected chi connectivity index (χ1v) is 4.81. The fraction of sp³-hybridized carbons (Fsp3) is 0.300. The van der Waals surface area contributed by atoms with Gasteiger partial charge in [-0.05, 0) is 6.07 Å². The average Bonchev–Trinajstić information content (AvgIpc) is 2.29. The number of ether oxygens (including phenoxy) is 1. The second-order valence-corrected chi connectivity index (χ2v) is 3.17. The van der Waals surface area contributed by atoms with Crippen LogP contribution in [0.15, 0.2) is 18.2 Å². The molecule has 0 spiro atoms. The third kappa shape index (κ3) is 3.42. The van der Waals surface area contributed by atoms with Gasteiger partial charge in [0.05, 0.1) is 11.5 Å². The van der Waals surface area contributed by atoms with Gasteiger partial charge in [0, 0.05) is 25.2 Å². The van der Waals surface area contributed by atoms with E-state index in [9.17, 15) is 14.9 Å². The van der Waals surface area contributed by atoms with E-state index in [1.54, 1.807) is 0 Å². The molecule has 0 aromatic heterocycles. The lowest BCUT2D eigenvalue weighted by atomic mass is 10.2.